The highest BCUT2D eigenvalue weighted by atomic mass is 16.6. The molecule has 1 atom stereocenters. The van der Waals surface area contributed by atoms with E-state index in [1.807, 2.05) is 0 Å². The van der Waals surface area contributed by atoms with Crippen molar-refractivity contribution in [1.82, 2.24) is 0 Å². The van der Waals surface area contributed by atoms with Crippen LogP contribution in [0.25, 0.3) is 0 Å². The van der Waals surface area contributed by atoms with Gasteiger partial charge in [0, 0.05) is 19.3 Å². The summed E-state index contributed by atoms with van der Waals surface area (Å²) in [5.74, 6) is -0.893. The first kappa shape index (κ1) is 59.1. The van der Waals surface area contributed by atoms with Gasteiger partial charge in [-0.25, -0.2) is 0 Å². The average molecular weight is 867 g/mol. The summed E-state index contributed by atoms with van der Waals surface area (Å²) >= 11 is 0. The van der Waals surface area contributed by atoms with E-state index in [-0.39, 0.29) is 31.1 Å². The molecule has 1 unspecified atom stereocenters. The molecule has 0 N–H and O–H groups in total. The maximum Gasteiger partial charge on any atom is 0.306 e. The van der Waals surface area contributed by atoms with Crippen LogP contribution in [0.4, 0.5) is 0 Å². The van der Waals surface area contributed by atoms with Crippen LogP contribution in [0.1, 0.15) is 258 Å². The second kappa shape index (κ2) is 50.8. The van der Waals surface area contributed by atoms with E-state index in [9.17, 15) is 14.4 Å². The van der Waals surface area contributed by atoms with Crippen LogP contribution in [0.5, 0.6) is 0 Å². The average Bonchev–Trinajstić information content (AvgIpc) is 3.27. The minimum atomic E-state index is -0.775. The third-order valence-corrected chi connectivity index (χ3v) is 11.3. The van der Waals surface area contributed by atoms with Gasteiger partial charge in [-0.3, -0.25) is 14.4 Å². The van der Waals surface area contributed by atoms with Crippen molar-refractivity contribution in [2.75, 3.05) is 13.2 Å². The Morgan fingerprint density at radius 3 is 1.00 bits per heavy atom. The topological polar surface area (TPSA) is 78.9 Å². The van der Waals surface area contributed by atoms with E-state index in [0.29, 0.717) is 19.3 Å². The molecule has 0 heterocycles. The minimum Gasteiger partial charge on any atom is -0.462 e. The summed E-state index contributed by atoms with van der Waals surface area (Å²) in [7, 11) is 0. The highest BCUT2D eigenvalue weighted by Gasteiger charge is 2.19. The van der Waals surface area contributed by atoms with E-state index < -0.39 is 6.10 Å². The van der Waals surface area contributed by atoms with E-state index >= 15 is 0 Å². The number of allylic oxidation sites excluding steroid dienone is 10. The number of esters is 3. The molecule has 0 aromatic rings. The van der Waals surface area contributed by atoms with Crippen molar-refractivity contribution < 1.29 is 28.6 Å². The van der Waals surface area contributed by atoms with Crippen molar-refractivity contribution in [3.8, 4) is 0 Å². The van der Waals surface area contributed by atoms with E-state index in [2.05, 4.69) is 81.5 Å². The van der Waals surface area contributed by atoms with Crippen molar-refractivity contribution in [3.05, 3.63) is 60.8 Å². The molecule has 358 valence electrons. The van der Waals surface area contributed by atoms with E-state index in [4.69, 9.17) is 14.2 Å². The summed E-state index contributed by atoms with van der Waals surface area (Å²) < 4.78 is 16.7. The lowest BCUT2D eigenvalue weighted by atomic mass is 10.1. The van der Waals surface area contributed by atoms with E-state index in [1.54, 1.807) is 0 Å². The van der Waals surface area contributed by atoms with Crippen LogP contribution < -0.4 is 0 Å². The van der Waals surface area contributed by atoms with Crippen LogP contribution in [-0.2, 0) is 28.6 Å². The third-order valence-electron chi connectivity index (χ3n) is 11.3. The predicted molar refractivity (Wildman–Crippen MR) is 265 cm³/mol. The molecule has 0 fully saturated rings. The number of ether oxygens (including phenoxy) is 3. The Hall–Kier alpha value is -2.89. The van der Waals surface area contributed by atoms with Crippen LogP contribution >= 0.6 is 0 Å². The summed E-state index contributed by atoms with van der Waals surface area (Å²) in [6, 6.07) is 0. The summed E-state index contributed by atoms with van der Waals surface area (Å²) in [5.41, 5.74) is 0. The molecule has 0 bridgehead atoms. The zero-order chi connectivity index (χ0) is 45.1. The first-order valence-corrected chi connectivity index (χ1v) is 26.3. The van der Waals surface area contributed by atoms with Gasteiger partial charge in [0.1, 0.15) is 13.2 Å². The lowest BCUT2D eigenvalue weighted by Gasteiger charge is -2.18. The van der Waals surface area contributed by atoms with Gasteiger partial charge in [-0.15, -0.1) is 0 Å². The molecule has 0 amide bonds. The van der Waals surface area contributed by atoms with Gasteiger partial charge in [-0.05, 0) is 83.5 Å². The highest BCUT2D eigenvalue weighted by molar-refractivity contribution is 5.71. The Morgan fingerprint density at radius 2 is 0.629 bits per heavy atom. The fourth-order valence-electron chi connectivity index (χ4n) is 7.31. The lowest BCUT2D eigenvalue weighted by molar-refractivity contribution is -0.167. The summed E-state index contributed by atoms with van der Waals surface area (Å²) in [5, 5.41) is 0. The molecule has 62 heavy (non-hydrogen) atoms. The fourth-order valence-corrected chi connectivity index (χ4v) is 7.31. The lowest BCUT2D eigenvalue weighted by Crippen LogP contribution is -2.30. The largest absolute Gasteiger partial charge is 0.462 e. The molecule has 6 nitrogen and oxygen atoms in total. The smallest absolute Gasteiger partial charge is 0.306 e. The number of hydrogen-bond acceptors (Lipinski definition) is 6. The Morgan fingerprint density at radius 1 is 0.339 bits per heavy atom. The van der Waals surface area contributed by atoms with Crippen molar-refractivity contribution in [3.63, 3.8) is 0 Å². The van der Waals surface area contributed by atoms with Crippen molar-refractivity contribution in [1.29, 1.82) is 0 Å². The molecular weight excluding hydrogens is 769 g/mol. The van der Waals surface area contributed by atoms with Gasteiger partial charge in [-0.2, -0.15) is 0 Å². The van der Waals surface area contributed by atoms with Crippen LogP contribution in [-0.4, -0.2) is 37.2 Å². The SMILES string of the molecule is CC/C=C\C/C=C\C/C=C\C/C=C\CCCCCCCCCCCCC(=O)OCC(COC(=O)CCCCCCCCC)OC(=O)CCCCCCC/C=C\CCCCCCC. The molecule has 0 spiro atoms. The number of unbranched alkanes of at least 4 members (excludes halogenated alkanes) is 26. The quantitative estimate of drug-likeness (QED) is 0.0262. The molecule has 0 radical (unpaired) electrons. The van der Waals surface area contributed by atoms with Crippen LogP contribution in [0.15, 0.2) is 60.8 Å². The van der Waals surface area contributed by atoms with Gasteiger partial charge in [0.25, 0.3) is 0 Å². The van der Waals surface area contributed by atoms with Crippen LogP contribution in [0, 0.1) is 0 Å². The molecule has 0 aliphatic rings. The van der Waals surface area contributed by atoms with Crippen molar-refractivity contribution in [2.24, 2.45) is 0 Å². The number of carbonyl (C=O) groups is 3. The normalized spacial score (nSPS) is 12.5. The van der Waals surface area contributed by atoms with Gasteiger partial charge >= 0.3 is 17.9 Å². The minimum absolute atomic E-state index is 0.0775. The molecule has 0 aromatic heterocycles. The Labute approximate surface area is 383 Å². The van der Waals surface area contributed by atoms with Gasteiger partial charge in [0.15, 0.2) is 6.10 Å². The first-order chi connectivity index (χ1) is 30.5. The zero-order valence-electron chi connectivity index (χ0n) is 40.9. The monoisotopic (exact) mass is 867 g/mol. The molecule has 0 aromatic carbocycles. The molecule has 0 aliphatic heterocycles. The van der Waals surface area contributed by atoms with Crippen molar-refractivity contribution in [2.45, 2.75) is 264 Å². The standard InChI is InChI=1S/C56H98O6/c1-4-7-10-13-16-18-20-22-24-25-26-27-28-29-30-31-32-34-35-37-40-43-46-49-55(58)61-52-53(51-60-54(57)48-45-42-39-15-12-9-6-3)62-56(59)50-47-44-41-38-36-33-23-21-19-17-14-11-8-5-2/h7,10,16,18,21-24,26-27,53H,4-6,8-9,11-15,17,19-20,25,28-52H2,1-3H3/b10-7-,18-16-,23-21-,24-22-,27-26-. The van der Waals surface area contributed by atoms with Gasteiger partial charge in [0.05, 0.1) is 0 Å². The second-order valence-electron chi connectivity index (χ2n) is 17.4. The fraction of sp³-hybridized carbons (Fsp3) is 0.768. The van der Waals surface area contributed by atoms with Crippen LogP contribution in [0.3, 0.4) is 0 Å². The number of rotatable bonds is 47. The van der Waals surface area contributed by atoms with E-state index in [1.165, 1.54) is 122 Å². The van der Waals surface area contributed by atoms with Crippen LogP contribution in [0.2, 0.25) is 0 Å². The molecule has 0 saturated carbocycles. The second-order valence-corrected chi connectivity index (χ2v) is 17.4. The maximum atomic E-state index is 12.7. The first-order valence-electron chi connectivity index (χ1n) is 26.3. The molecule has 0 rings (SSSR count). The summed E-state index contributed by atoms with van der Waals surface area (Å²) in [6.45, 7) is 6.47. The molecule has 6 heteroatoms. The summed E-state index contributed by atoms with van der Waals surface area (Å²) in [6.07, 6.45) is 62.2. The van der Waals surface area contributed by atoms with E-state index in [0.717, 1.165) is 96.3 Å². The highest BCUT2D eigenvalue weighted by Crippen LogP contribution is 2.15. The Bertz CT molecular complexity index is 1130. The third kappa shape index (κ3) is 48.1. The number of hydrogen-bond donors (Lipinski definition) is 0. The number of carbonyl (C=O) groups excluding carboxylic acids is 3. The Balaban J connectivity index is 4.20. The molecular formula is C56H98O6. The Kier molecular flexibility index (Phi) is 48.4. The summed E-state index contributed by atoms with van der Waals surface area (Å²) in [4.78, 5) is 37.8. The van der Waals surface area contributed by atoms with Gasteiger partial charge in [-0.1, -0.05) is 216 Å². The zero-order valence-corrected chi connectivity index (χ0v) is 40.9. The van der Waals surface area contributed by atoms with Crippen molar-refractivity contribution >= 4 is 17.9 Å². The molecule has 0 aliphatic carbocycles. The molecule has 0 saturated heterocycles. The maximum absolute atomic E-state index is 12.7. The van der Waals surface area contributed by atoms with Gasteiger partial charge < -0.3 is 14.2 Å². The van der Waals surface area contributed by atoms with Gasteiger partial charge in [0.2, 0.25) is 0 Å². The predicted octanol–water partition coefficient (Wildman–Crippen LogP) is 17.3.